The van der Waals surface area contributed by atoms with Crippen LogP contribution in [0, 0.1) is 0 Å². The number of carbonyl (C=O) groups is 1. The number of halogens is 1. The highest BCUT2D eigenvalue weighted by Crippen LogP contribution is 2.39. The molecule has 0 unspecified atom stereocenters. The molecule has 1 aromatic heterocycles. The van der Waals surface area contributed by atoms with Crippen molar-refractivity contribution < 1.29 is 9.53 Å². The average molecular weight is 378 g/mol. The molecular weight excluding hydrogens is 358 g/mol. The summed E-state index contributed by atoms with van der Waals surface area (Å²) < 4.78 is 8.29. The maximum atomic E-state index is 11.6. The van der Waals surface area contributed by atoms with Crippen molar-refractivity contribution in [2.45, 2.75) is 38.6 Å². The van der Waals surface area contributed by atoms with Crippen molar-refractivity contribution in [3.8, 4) is 17.0 Å². The Morgan fingerprint density at radius 2 is 2.13 bits per heavy atom. The van der Waals surface area contributed by atoms with Gasteiger partial charge in [0.1, 0.15) is 5.75 Å². The van der Waals surface area contributed by atoms with Crippen molar-refractivity contribution in [1.82, 2.24) is 9.78 Å². The van der Waals surface area contributed by atoms with E-state index in [1.807, 2.05) is 24.4 Å². The van der Waals surface area contributed by atoms with Crippen molar-refractivity contribution >= 4 is 27.5 Å². The van der Waals surface area contributed by atoms with E-state index in [1.54, 1.807) is 7.11 Å². The maximum absolute atomic E-state index is 11.6. The lowest BCUT2D eigenvalue weighted by molar-refractivity contribution is -0.114. The molecule has 1 N–H and O–H groups in total. The third-order valence-corrected chi connectivity index (χ3v) is 4.84. The minimum absolute atomic E-state index is 0.109. The van der Waals surface area contributed by atoms with Gasteiger partial charge in [-0.2, -0.15) is 5.10 Å². The van der Waals surface area contributed by atoms with Gasteiger partial charge in [-0.1, -0.05) is 12.8 Å². The number of aromatic nitrogens is 2. The number of nitrogens with zero attached hydrogens (tertiary/aromatic N) is 2. The minimum Gasteiger partial charge on any atom is -0.495 e. The Morgan fingerprint density at radius 1 is 1.39 bits per heavy atom. The van der Waals surface area contributed by atoms with Gasteiger partial charge in [-0.05, 0) is 40.9 Å². The SMILES string of the molecule is COc1cc(NC(C)=O)c(-c2ccnn2C2CCCC2)cc1Br. The second kappa shape index (κ2) is 6.74. The van der Waals surface area contributed by atoms with Gasteiger partial charge in [-0.3, -0.25) is 9.48 Å². The van der Waals surface area contributed by atoms with Crippen LogP contribution in [0.1, 0.15) is 38.6 Å². The Labute approximate surface area is 144 Å². The predicted molar refractivity (Wildman–Crippen MR) is 93.7 cm³/mol. The first-order valence-electron chi connectivity index (χ1n) is 7.79. The Hall–Kier alpha value is -1.82. The van der Waals surface area contributed by atoms with E-state index in [9.17, 15) is 4.79 Å². The number of hydrogen-bond donors (Lipinski definition) is 1. The molecule has 122 valence electrons. The number of methoxy groups -OCH3 is 1. The van der Waals surface area contributed by atoms with Crippen molar-refractivity contribution in [1.29, 1.82) is 0 Å². The summed E-state index contributed by atoms with van der Waals surface area (Å²) in [4.78, 5) is 11.6. The van der Waals surface area contributed by atoms with Crippen LogP contribution in [-0.2, 0) is 4.79 Å². The summed E-state index contributed by atoms with van der Waals surface area (Å²) in [6.45, 7) is 1.51. The summed E-state index contributed by atoms with van der Waals surface area (Å²) >= 11 is 3.53. The predicted octanol–water partition coefficient (Wildman–Crippen LogP) is 4.39. The Balaban J connectivity index is 2.09. The van der Waals surface area contributed by atoms with Crippen LogP contribution in [0.2, 0.25) is 0 Å². The summed E-state index contributed by atoms with van der Waals surface area (Å²) in [6, 6.07) is 6.25. The molecule has 0 spiro atoms. The van der Waals surface area contributed by atoms with Crippen LogP contribution in [0.15, 0.2) is 28.9 Å². The molecule has 23 heavy (non-hydrogen) atoms. The second-order valence-electron chi connectivity index (χ2n) is 5.81. The molecule has 5 nitrogen and oxygen atoms in total. The van der Waals surface area contributed by atoms with Gasteiger partial charge >= 0.3 is 0 Å². The average Bonchev–Trinajstić information content (AvgIpc) is 3.18. The Kier molecular flexibility index (Phi) is 4.71. The summed E-state index contributed by atoms with van der Waals surface area (Å²) in [7, 11) is 1.61. The fourth-order valence-corrected chi connectivity index (χ4v) is 3.69. The molecule has 0 bridgehead atoms. The van der Waals surface area contributed by atoms with E-state index in [0.29, 0.717) is 11.8 Å². The molecule has 3 rings (SSSR count). The number of ether oxygens (including phenoxy) is 1. The van der Waals surface area contributed by atoms with Gasteiger partial charge in [-0.15, -0.1) is 0 Å². The van der Waals surface area contributed by atoms with Gasteiger partial charge in [0.25, 0.3) is 0 Å². The van der Waals surface area contributed by atoms with Crippen LogP contribution in [0.3, 0.4) is 0 Å². The third kappa shape index (κ3) is 3.27. The van der Waals surface area contributed by atoms with Gasteiger partial charge < -0.3 is 10.1 Å². The van der Waals surface area contributed by atoms with E-state index in [2.05, 4.69) is 31.0 Å². The molecule has 1 aliphatic rings. The van der Waals surface area contributed by atoms with E-state index in [0.717, 1.165) is 34.3 Å². The van der Waals surface area contributed by atoms with Crippen molar-refractivity contribution in [3.05, 3.63) is 28.9 Å². The zero-order valence-corrected chi connectivity index (χ0v) is 14.9. The third-order valence-electron chi connectivity index (χ3n) is 4.22. The molecule has 0 aliphatic heterocycles. The molecule has 6 heteroatoms. The molecule has 2 aromatic rings. The van der Waals surface area contributed by atoms with Gasteiger partial charge in [0.15, 0.2) is 0 Å². The lowest BCUT2D eigenvalue weighted by Crippen LogP contribution is -2.11. The van der Waals surface area contributed by atoms with Gasteiger partial charge in [0, 0.05) is 24.8 Å². The van der Waals surface area contributed by atoms with E-state index < -0.39 is 0 Å². The van der Waals surface area contributed by atoms with Crippen LogP contribution < -0.4 is 10.1 Å². The lowest BCUT2D eigenvalue weighted by Gasteiger charge is -2.18. The van der Waals surface area contributed by atoms with Crippen molar-refractivity contribution in [2.24, 2.45) is 0 Å². The number of hydrogen-bond acceptors (Lipinski definition) is 3. The molecule has 0 saturated heterocycles. The summed E-state index contributed by atoms with van der Waals surface area (Å²) in [5.74, 6) is 0.576. The number of benzene rings is 1. The fourth-order valence-electron chi connectivity index (χ4n) is 3.18. The molecule has 1 amide bonds. The first-order chi connectivity index (χ1) is 11.1. The number of anilines is 1. The summed E-state index contributed by atoms with van der Waals surface area (Å²) in [5, 5.41) is 7.43. The van der Waals surface area contributed by atoms with E-state index in [4.69, 9.17) is 4.74 Å². The zero-order valence-electron chi connectivity index (χ0n) is 13.3. The summed E-state index contributed by atoms with van der Waals surface area (Å²) in [6.07, 6.45) is 6.62. The monoisotopic (exact) mass is 377 g/mol. The highest BCUT2D eigenvalue weighted by molar-refractivity contribution is 9.10. The normalized spacial score (nSPS) is 14.9. The number of nitrogens with one attached hydrogen (secondary N) is 1. The Bertz CT molecular complexity index is 721. The first kappa shape index (κ1) is 16.1. The fraction of sp³-hybridized carbons (Fsp3) is 0.412. The molecule has 1 aromatic carbocycles. The number of carbonyl (C=O) groups excluding carboxylic acids is 1. The van der Waals surface area contributed by atoms with Crippen LogP contribution in [0.5, 0.6) is 5.75 Å². The van der Waals surface area contributed by atoms with Crippen molar-refractivity contribution in [3.63, 3.8) is 0 Å². The minimum atomic E-state index is -0.109. The van der Waals surface area contributed by atoms with Gasteiger partial charge in [0.2, 0.25) is 5.91 Å². The highest BCUT2D eigenvalue weighted by Gasteiger charge is 2.22. The van der Waals surface area contributed by atoms with Crippen LogP contribution in [-0.4, -0.2) is 22.8 Å². The largest absolute Gasteiger partial charge is 0.495 e. The summed E-state index contributed by atoms with van der Waals surface area (Å²) in [5.41, 5.74) is 2.69. The van der Waals surface area contributed by atoms with Crippen molar-refractivity contribution in [2.75, 3.05) is 12.4 Å². The molecule has 1 aliphatic carbocycles. The molecule has 1 fully saturated rings. The van der Waals surface area contributed by atoms with E-state index in [-0.39, 0.29) is 5.91 Å². The number of rotatable bonds is 4. The molecule has 0 atom stereocenters. The maximum Gasteiger partial charge on any atom is 0.221 e. The lowest BCUT2D eigenvalue weighted by atomic mass is 10.1. The molecule has 1 heterocycles. The quantitative estimate of drug-likeness (QED) is 0.858. The topological polar surface area (TPSA) is 56.1 Å². The standard InChI is InChI=1S/C17H20BrN3O2/c1-11(22)20-15-10-17(23-2)14(18)9-13(15)16-7-8-19-21(16)12-5-3-4-6-12/h7-10,12H,3-6H2,1-2H3,(H,20,22). The van der Waals surface area contributed by atoms with Gasteiger partial charge in [-0.25, -0.2) is 0 Å². The highest BCUT2D eigenvalue weighted by atomic mass is 79.9. The second-order valence-corrected chi connectivity index (χ2v) is 6.67. The van der Waals surface area contributed by atoms with Crippen LogP contribution in [0.4, 0.5) is 5.69 Å². The van der Waals surface area contributed by atoms with Gasteiger partial charge in [0.05, 0.1) is 29.0 Å². The molecular formula is C17H20BrN3O2. The molecule has 0 radical (unpaired) electrons. The Morgan fingerprint density at radius 3 is 2.78 bits per heavy atom. The molecule has 1 saturated carbocycles. The van der Waals surface area contributed by atoms with E-state index in [1.165, 1.54) is 19.8 Å². The first-order valence-corrected chi connectivity index (χ1v) is 8.58. The smallest absolute Gasteiger partial charge is 0.221 e. The zero-order chi connectivity index (χ0) is 16.4. The van der Waals surface area contributed by atoms with Crippen LogP contribution in [0.25, 0.3) is 11.3 Å². The van der Waals surface area contributed by atoms with Crippen LogP contribution >= 0.6 is 15.9 Å². The number of amides is 1. The van der Waals surface area contributed by atoms with E-state index >= 15 is 0 Å².